The molecule has 10 heteroatoms. The molecule has 2 atom stereocenters. The van der Waals surface area contributed by atoms with E-state index in [0.717, 1.165) is 37.0 Å². The molecule has 34 heavy (non-hydrogen) atoms. The molecular weight excluding hydrogens is 460 g/mol. The number of amides is 1. The second-order valence-electron chi connectivity index (χ2n) is 10.4. The number of ether oxygens (including phenoxy) is 4. The Kier molecular flexibility index (Phi) is 9.73. The lowest BCUT2D eigenvalue weighted by molar-refractivity contribution is -0.149. The summed E-state index contributed by atoms with van der Waals surface area (Å²) in [6.07, 6.45) is 2.42. The van der Waals surface area contributed by atoms with E-state index >= 15 is 0 Å². The van der Waals surface area contributed by atoms with Crippen LogP contribution in [0.3, 0.4) is 0 Å². The first-order chi connectivity index (χ1) is 15.8. The summed E-state index contributed by atoms with van der Waals surface area (Å²) >= 11 is 1.15. The molecule has 1 aliphatic rings. The minimum absolute atomic E-state index is 0.172. The van der Waals surface area contributed by atoms with Gasteiger partial charge < -0.3 is 18.9 Å². The number of esters is 1. The van der Waals surface area contributed by atoms with Gasteiger partial charge in [-0.05, 0) is 60.8 Å². The molecule has 0 bridgehead atoms. The SMILES string of the molecule is CCOC(=O)C(c1csc(NC(=O)OC(C)(C)C)n1)C(CC1CCCC1)OC(=O)OC(C)(C)C. The van der Waals surface area contributed by atoms with E-state index in [1.54, 1.807) is 53.8 Å². The van der Waals surface area contributed by atoms with E-state index in [1.165, 1.54) is 0 Å². The summed E-state index contributed by atoms with van der Waals surface area (Å²) in [4.78, 5) is 42.2. The van der Waals surface area contributed by atoms with Crippen LogP contribution in [-0.4, -0.2) is 47.1 Å². The molecule has 1 heterocycles. The number of aromatic nitrogens is 1. The van der Waals surface area contributed by atoms with Gasteiger partial charge in [0.2, 0.25) is 0 Å². The van der Waals surface area contributed by atoms with Crippen LogP contribution in [0, 0.1) is 5.92 Å². The minimum Gasteiger partial charge on any atom is -0.465 e. The predicted octanol–water partition coefficient (Wildman–Crippen LogP) is 6.04. The van der Waals surface area contributed by atoms with Crippen LogP contribution in [0.25, 0.3) is 0 Å². The van der Waals surface area contributed by atoms with Crippen molar-refractivity contribution in [2.24, 2.45) is 5.92 Å². The van der Waals surface area contributed by atoms with E-state index in [4.69, 9.17) is 18.9 Å². The van der Waals surface area contributed by atoms with E-state index in [-0.39, 0.29) is 11.7 Å². The number of hydrogen-bond acceptors (Lipinski definition) is 9. The fourth-order valence-electron chi connectivity index (χ4n) is 3.80. The molecule has 0 saturated heterocycles. The molecule has 2 rings (SSSR count). The molecule has 0 aromatic carbocycles. The fourth-order valence-corrected chi connectivity index (χ4v) is 4.53. The predicted molar refractivity (Wildman–Crippen MR) is 129 cm³/mol. The lowest BCUT2D eigenvalue weighted by Gasteiger charge is -2.28. The summed E-state index contributed by atoms with van der Waals surface area (Å²) in [5.41, 5.74) is -1.04. The first-order valence-corrected chi connectivity index (χ1v) is 12.7. The van der Waals surface area contributed by atoms with Crippen molar-refractivity contribution in [1.29, 1.82) is 0 Å². The van der Waals surface area contributed by atoms with Gasteiger partial charge in [0.05, 0.1) is 12.3 Å². The molecule has 1 fully saturated rings. The molecule has 1 aromatic heterocycles. The normalized spacial score (nSPS) is 16.4. The van der Waals surface area contributed by atoms with Crippen molar-refractivity contribution in [2.75, 3.05) is 11.9 Å². The van der Waals surface area contributed by atoms with Crippen LogP contribution < -0.4 is 5.32 Å². The van der Waals surface area contributed by atoms with Crippen molar-refractivity contribution in [3.8, 4) is 0 Å². The zero-order valence-electron chi connectivity index (χ0n) is 21.3. The van der Waals surface area contributed by atoms with Gasteiger partial charge >= 0.3 is 18.2 Å². The maximum absolute atomic E-state index is 13.0. The number of nitrogens with zero attached hydrogens (tertiary/aromatic N) is 1. The second kappa shape index (κ2) is 11.9. The third-order valence-corrected chi connectivity index (χ3v) is 5.81. The Balaban J connectivity index is 2.29. The summed E-state index contributed by atoms with van der Waals surface area (Å²) in [5.74, 6) is -1.16. The van der Waals surface area contributed by atoms with Gasteiger partial charge in [-0.2, -0.15) is 0 Å². The molecular formula is C24H38N2O7S. The second-order valence-corrected chi connectivity index (χ2v) is 11.3. The summed E-state index contributed by atoms with van der Waals surface area (Å²) in [7, 11) is 0. The van der Waals surface area contributed by atoms with Gasteiger partial charge in [-0.1, -0.05) is 25.7 Å². The van der Waals surface area contributed by atoms with Gasteiger partial charge in [0.1, 0.15) is 23.2 Å². The van der Waals surface area contributed by atoms with Crippen molar-refractivity contribution in [3.63, 3.8) is 0 Å². The van der Waals surface area contributed by atoms with Gasteiger partial charge in [0.25, 0.3) is 0 Å². The van der Waals surface area contributed by atoms with Crippen molar-refractivity contribution < 1.29 is 33.3 Å². The average Bonchev–Trinajstić information content (AvgIpc) is 3.31. The van der Waals surface area contributed by atoms with Crippen molar-refractivity contribution in [1.82, 2.24) is 4.98 Å². The monoisotopic (exact) mass is 498 g/mol. The van der Waals surface area contributed by atoms with Crippen molar-refractivity contribution in [2.45, 2.75) is 104 Å². The number of anilines is 1. The van der Waals surface area contributed by atoms with Crippen LogP contribution in [-0.2, 0) is 23.7 Å². The standard InChI is InChI=1S/C24H38N2O7S/c1-8-30-19(27)18(16-14-34-20(25-16)26-21(28)32-23(2,3)4)17(13-15-11-9-10-12-15)31-22(29)33-24(5,6)7/h14-15,17-18H,8-13H2,1-7H3,(H,25,26,28). The number of rotatable bonds is 8. The Morgan fingerprint density at radius 2 is 1.71 bits per heavy atom. The Bertz CT molecular complexity index is 835. The molecule has 1 aromatic rings. The summed E-state index contributed by atoms with van der Waals surface area (Å²) in [6.45, 7) is 12.4. The van der Waals surface area contributed by atoms with E-state index in [9.17, 15) is 14.4 Å². The van der Waals surface area contributed by atoms with Crippen LogP contribution in [0.1, 0.15) is 92.2 Å². The van der Waals surface area contributed by atoms with E-state index in [1.807, 2.05) is 0 Å². The molecule has 1 N–H and O–H groups in total. The molecule has 0 radical (unpaired) electrons. The van der Waals surface area contributed by atoms with Crippen LogP contribution in [0.5, 0.6) is 0 Å². The first-order valence-electron chi connectivity index (χ1n) is 11.8. The van der Waals surface area contributed by atoms with Gasteiger partial charge in [0.15, 0.2) is 5.13 Å². The molecule has 9 nitrogen and oxygen atoms in total. The third kappa shape index (κ3) is 9.48. The lowest BCUT2D eigenvalue weighted by Crippen LogP contribution is -2.36. The molecule has 1 amide bonds. The maximum atomic E-state index is 13.0. The Hall–Kier alpha value is -2.36. The Morgan fingerprint density at radius 1 is 1.09 bits per heavy atom. The molecule has 192 valence electrons. The average molecular weight is 499 g/mol. The van der Waals surface area contributed by atoms with Crippen LogP contribution >= 0.6 is 11.3 Å². The van der Waals surface area contributed by atoms with Gasteiger partial charge in [0, 0.05) is 5.38 Å². The Morgan fingerprint density at radius 3 is 2.26 bits per heavy atom. The summed E-state index contributed by atoms with van der Waals surface area (Å²) < 4.78 is 21.7. The van der Waals surface area contributed by atoms with Crippen LogP contribution in [0.15, 0.2) is 5.38 Å². The van der Waals surface area contributed by atoms with Crippen LogP contribution in [0.4, 0.5) is 14.7 Å². The minimum atomic E-state index is -0.946. The topological polar surface area (TPSA) is 113 Å². The number of hydrogen-bond donors (Lipinski definition) is 1. The van der Waals surface area contributed by atoms with E-state index in [2.05, 4.69) is 10.3 Å². The lowest BCUT2D eigenvalue weighted by atomic mass is 9.90. The highest BCUT2D eigenvalue weighted by molar-refractivity contribution is 7.13. The van der Waals surface area contributed by atoms with E-state index < -0.39 is 41.4 Å². The first kappa shape index (κ1) is 27.9. The highest BCUT2D eigenvalue weighted by Crippen LogP contribution is 2.36. The van der Waals surface area contributed by atoms with Gasteiger partial charge in [-0.15, -0.1) is 11.3 Å². The number of carbonyl (C=O) groups is 3. The van der Waals surface area contributed by atoms with Crippen molar-refractivity contribution >= 4 is 34.7 Å². The number of thiazole rings is 1. The highest BCUT2D eigenvalue weighted by Gasteiger charge is 2.39. The molecule has 0 aliphatic heterocycles. The largest absolute Gasteiger partial charge is 0.509 e. The molecule has 1 saturated carbocycles. The summed E-state index contributed by atoms with van der Waals surface area (Å²) in [6, 6.07) is 0. The van der Waals surface area contributed by atoms with Crippen molar-refractivity contribution in [3.05, 3.63) is 11.1 Å². The number of carbonyl (C=O) groups excluding carboxylic acids is 3. The fraction of sp³-hybridized carbons (Fsp3) is 0.750. The summed E-state index contributed by atoms with van der Waals surface area (Å²) in [5, 5.41) is 4.52. The van der Waals surface area contributed by atoms with Gasteiger partial charge in [-0.3, -0.25) is 10.1 Å². The third-order valence-electron chi connectivity index (χ3n) is 5.04. The highest BCUT2D eigenvalue weighted by atomic mass is 32.1. The molecule has 1 aliphatic carbocycles. The van der Waals surface area contributed by atoms with Crippen LogP contribution in [0.2, 0.25) is 0 Å². The maximum Gasteiger partial charge on any atom is 0.509 e. The molecule has 2 unspecified atom stereocenters. The Labute approximate surface area is 205 Å². The van der Waals surface area contributed by atoms with Gasteiger partial charge in [-0.25, -0.2) is 14.6 Å². The zero-order chi connectivity index (χ0) is 25.5. The smallest absolute Gasteiger partial charge is 0.465 e. The zero-order valence-corrected chi connectivity index (χ0v) is 22.1. The molecule has 0 spiro atoms. The van der Waals surface area contributed by atoms with E-state index in [0.29, 0.717) is 18.0 Å². The number of nitrogens with one attached hydrogen (secondary N) is 1. The quantitative estimate of drug-likeness (QED) is 0.341.